The number of aliphatic hydroxyl groups is 1. The number of phenolic OH excluding ortho intramolecular Hbond substituents is 2. The summed E-state index contributed by atoms with van der Waals surface area (Å²) in [6, 6.07) is 0. The van der Waals surface area contributed by atoms with Crippen molar-refractivity contribution in [2.75, 3.05) is 0 Å². The molecule has 0 unspecified atom stereocenters. The largest absolute Gasteiger partial charge is 0.507 e. The van der Waals surface area contributed by atoms with Crippen LogP contribution in [-0.4, -0.2) is 32.7 Å². The van der Waals surface area contributed by atoms with E-state index in [1.54, 1.807) is 0 Å². The monoisotopic (exact) mass is 344 g/mol. The van der Waals surface area contributed by atoms with E-state index in [4.69, 9.17) is 4.74 Å². The minimum Gasteiger partial charge on any atom is -0.507 e. The van der Waals surface area contributed by atoms with Crippen molar-refractivity contribution < 1.29 is 34.4 Å². The SMILES string of the molecule is CC(=O)C1=C(O)C=C2Oc3c(C)c(O)c(C(C)=O)c(O)c3[C@]2(C)C1=O. The van der Waals surface area contributed by atoms with Crippen molar-refractivity contribution in [3.05, 3.63) is 39.9 Å². The van der Waals surface area contributed by atoms with Crippen LogP contribution in [0.15, 0.2) is 23.2 Å². The lowest BCUT2D eigenvalue weighted by Gasteiger charge is -2.28. The number of aliphatic hydroxyl groups excluding tert-OH is 1. The Hall–Kier alpha value is -3.09. The lowest BCUT2D eigenvalue weighted by Crippen LogP contribution is -2.38. The van der Waals surface area contributed by atoms with E-state index in [2.05, 4.69) is 0 Å². The molecule has 0 spiro atoms. The summed E-state index contributed by atoms with van der Waals surface area (Å²) >= 11 is 0. The van der Waals surface area contributed by atoms with Crippen LogP contribution in [0.25, 0.3) is 0 Å². The zero-order valence-electron chi connectivity index (χ0n) is 14.1. The van der Waals surface area contributed by atoms with Gasteiger partial charge in [-0.1, -0.05) is 0 Å². The molecule has 0 bridgehead atoms. The molecule has 7 nitrogen and oxygen atoms in total. The van der Waals surface area contributed by atoms with Crippen LogP contribution in [0.1, 0.15) is 42.3 Å². The van der Waals surface area contributed by atoms with E-state index in [0.717, 1.165) is 13.0 Å². The Morgan fingerprint density at radius 3 is 2.20 bits per heavy atom. The Balaban J connectivity index is 2.40. The molecule has 0 fully saturated rings. The third-order valence-electron chi connectivity index (χ3n) is 4.75. The molecule has 2 aliphatic rings. The molecule has 0 saturated carbocycles. The maximum absolute atomic E-state index is 13.0. The average Bonchev–Trinajstić information content (AvgIpc) is 2.79. The highest BCUT2D eigenvalue weighted by Gasteiger charge is 2.55. The highest BCUT2D eigenvalue weighted by molar-refractivity contribution is 6.25. The van der Waals surface area contributed by atoms with Gasteiger partial charge in [0.25, 0.3) is 0 Å². The maximum atomic E-state index is 13.0. The Bertz CT molecular complexity index is 949. The molecule has 0 radical (unpaired) electrons. The molecule has 130 valence electrons. The molecule has 7 heteroatoms. The molecule has 3 rings (SSSR count). The first-order valence-corrected chi connectivity index (χ1v) is 7.52. The fourth-order valence-corrected chi connectivity index (χ4v) is 3.39. The van der Waals surface area contributed by atoms with Gasteiger partial charge in [-0.15, -0.1) is 0 Å². The Morgan fingerprint density at radius 2 is 1.68 bits per heavy atom. The molecule has 1 atom stereocenters. The topological polar surface area (TPSA) is 121 Å². The minimum absolute atomic E-state index is 0.00417. The normalized spacial score (nSPS) is 21.4. The van der Waals surface area contributed by atoms with Crippen LogP contribution in [0.5, 0.6) is 17.2 Å². The number of benzene rings is 1. The number of fused-ring (bicyclic) bond motifs is 3. The number of phenols is 2. The summed E-state index contributed by atoms with van der Waals surface area (Å²) in [7, 11) is 0. The molecule has 3 N–H and O–H groups in total. The zero-order chi connectivity index (χ0) is 18.8. The second kappa shape index (κ2) is 4.95. The summed E-state index contributed by atoms with van der Waals surface area (Å²) in [6.45, 7) is 5.23. The number of allylic oxidation sites excluding steroid dienone is 3. The maximum Gasteiger partial charge on any atom is 0.188 e. The first-order valence-electron chi connectivity index (χ1n) is 7.52. The Morgan fingerprint density at radius 1 is 1.08 bits per heavy atom. The number of rotatable bonds is 2. The van der Waals surface area contributed by atoms with Crippen molar-refractivity contribution in [1.29, 1.82) is 0 Å². The number of carbonyl (C=O) groups is 3. The summed E-state index contributed by atoms with van der Waals surface area (Å²) in [4.78, 5) is 36.6. The van der Waals surface area contributed by atoms with E-state index in [9.17, 15) is 29.7 Å². The molecule has 25 heavy (non-hydrogen) atoms. The molecule has 1 aliphatic carbocycles. The molecule has 0 aromatic heterocycles. The van der Waals surface area contributed by atoms with Gasteiger partial charge < -0.3 is 20.1 Å². The van der Waals surface area contributed by atoms with Crippen molar-refractivity contribution in [3.63, 3.8) is 0 Å². The highest BCUT2D eigenvalue weighted by Crippen LogP contribution is 2.57. The van der Waals surface area contributed by atoms with Crippen LogP contribution in [0.2, 0.25) is 0 Å². The Labute approximate surface area is 142 Å². The summed E-state index contributed by atoms with van der Waals surface area (Å²) in [5.74, 6) is -3.47. The van der Waals surface area contributed by atoms with E-state index in [1.165, 1.54) is 20.8 Å². The molecule has 1 aromatic rings. The second-order valence-corrected chi connectivity index (χ2v) is 6.34. The highest BCUT2D eigenvalue weighted by atomic mass is 16.5. The van der Waals surface area contributed by atoms with Gasteiger partial charge in [-0.05, 0) is 27.7 Å². The smallest absolute Gasteiger partial charge is 0.188 e. The molecular weight excluding hydrogens is 328 g/mol. The number of Topliss-reactive ketones (excluding diaryl/α,β-unsaturated/α-hetero) is 3. The van der Waals surface area contributed by atoms with Crippen LogP contribution in [-0.2, 0) is 15.0 Å². The van der Waals surface area contributed by atoms with E-state index >= 15 is 0 Å². The summed E-state index contributed by atoms with van der Waals surface area (Å²) in [6.07, 6.45) is 1.14. The minimum atomic E-state index is -1.59. The number of hydrogen-bond donors (Lipinski definition) is 3. The van der Waals surface area contributed by atoms with Crippen molar-refractivity contribution in [2.24, 2.45) is 0 Å². The van der Waals surface area contributed by atoms with Gasteiger partial charge in [-0.2, -0.15) is 0 Å². The van der Waals surface area contributed by atoms with Gasteiger partial charge in [0, 0.05) is 11.6 Å². The quantitative estimate of drug-likeness (QED) is 0.555. The zero-order valence-corrected chi connectivity index (χ0v) is 14.1. The first-order chi connectivity index (χ1) is 11.5. The molecule has 1 aliphatic heterocycles. The van der Waals surface area contributed by atoms with Gasteiger partial charge in [0.05, 0.1) is 5.56 Å². The fraction of sp³-hybridized carbons (Fsp3) is 0.278. The second-order valence-electron chi connectivity index (χ2n) is 6.34. The van der Waals surface area contributed by atoms with Crippen molar-refractivity contribution in [1.82, 2.24) is 0 Å². The van der Waals surface area contributed by atoms with Gasteiger partial charge >= 0.3 is 0 Å². The first kappa shape index (κ1) is 16.8. The van der Waals surface area contributed by atoms with Crippen LogP contribution in [0, 0.1) is 6.92 Å². The van der Waals surface area contributed by atoms with Crippen LogP contribution >= 0.6 is 0 Å². The van der Waals surface area contributed by atoms with E-state index in [1.807, 2.05) is 0 Å². The standard InChI is InChI=1S/C18H16O7/c1-6-14(22)12(8(3)20)15(23)13-16(6)25-10-5-9(21)11(7(2)19)17(24)18(10,13)4/h5,21-23H,1-4H3/t18-/m1/s1. The number of hydrogen-bond acceptors (Lipinski definition) is 7. The van der Waals surface area contributed by atoms with E-state index in [0.29, 0.717) is 0 Å². The molecule has 0 amide bonds. The predicted octanol–water partition coefficient (Wildman–Crippen LogP) is 2.13. The van der Waals surface area contributed by atoms with Gasteiger partial charge in [0.1, 0.15) is 45.3 Å². The third kappa shape index (κ3) is 1.89. The molecule has 0 saturated heterocycles. The fourth-order valence-electron chi connectivity index (χ4n) is 3.39. The predicted molar refractivity (Wildman–Crippen MR) is 85.9 cm³/mol. The summed E-state index contributed by atoms with van der Waals surface area (Å²) in [5, 5.41) is 30.8. The molecular formula is C18H16O7. The van der Waals surface area contributed by atoms with Crippen LogP contribution in [0.3, 0.4) is 0 Å². The van der Waals surface area contributed by atoms with Crippen molar-refractivity contribution in [2.45, 2.75) is 33.1 Å². The lowest BCUT2D eigenvalue weighted by molar-refractivity contribution is -0.123. The van der Waals surface area contributed by atoms with Gasteiger partial charge in [-0.3, -0.25) is 14.4 Å². The number of ketones is 3. The molecule has 1 heterocycles. The summed E-state index contributed by atoms with van der Waals surface area (Å²) < 4.78 is 5.61. The van der Waals surface area contributed by atoms with E-state index in [-0.39, 0.29) is 28.2 Å². The average molecular weight is 344 g/mol. The number of carbonyl (C=O) groups excluding carboxylic acids is 3. The lowest BCUT2D eigenvalue weighted by atomic mass is 9.71. The van der Waals surface area contributed by atoms with Gasteiger partial charge in [-0.25, -0.2) is 0 Å². The summed E-state index contributed by atoms with van der Waals surface area (Å²) in [5.41, 5.74) is -2.15. The number of ether oxygens (including phenoxy) is 1. The number of aromatic hydroxyl groups is 2. The van der Waals surface area contributed by atoms with E-state index < -0.39 is 45.6 Å². The molecule has 1 aromatic carbocycles. The van der Waals surface area contributed by atoms with Crippen molar-refractivity contribution in [3.8, 4) is 17.2 Å². The van der Waals surface area contributed by atoms with Gasteiger partial charge in [0.2, 0.25) is 0 Å². The van der Waals surface area contributed by atoms with Crippen molar-refractivity contribution >= 4 is 17.3 Å². The van der Waals surface area contributed by atoms with Crippen LogP contribution in [0.4, 0.5) is 0 Å². The van der Waals surface area contributed by atoms with Gasteiger partial charge in [0.15, 0.2) is 17.3 Å². The van der Waals surface area contributed by atoms with Crippen LogP contribution < -0.4 is 4.74 Å². The third-order valence-corrected chi connectivity index (χ3v) is 4.75. The Kier molecular flexibility index (Phi) is 3.32.